The van der Waals surface area contributed by atoms with Crippen molar-refractivity contribution in [2.24, 2.45) is 5.92 Å². The van der Waals surface area contributed by atoms with E-state index < -0.39 is 0 Å². The second kappa shape index (κ2) is 6.92. The van der Waals surface area contributed by atoms with E-state index in [2.05, 4.69) is 32.7 Å². The van der Waals surface area contributed by atoms with Gasteiger partial charge in [-0.2, -0.15) is 0 Å². The van der Waals surface area contributed by atoms with Crippen LogP contribution in [-0.4, -0.2) is 29.4 Å². The Morgan fingerprint density at radius 2 is 1.77 bits per heavy atom. The van der Waals surface area contributed by atoms with E-state index in [4.69, 9.17) is 23.2 Å². The van der Waals surface area contributed by atoms with E-state index >= 15 is 0 Å². The summed E-state index contributed by atoms with van der Waals surface area (Å²) in [6, 6.07) is 0.500. The molecule has 0 amide bonds. The van der Waals surface area contributed by atoms with Crippen molar-refractivity contribution in [2.45, 2.75) is 44.5 Å². The molecule has 0 saturated carbocycles. The Morgan fingerprint density at radius 3 is 2.08 bits per heavy atom. The molecule has 0 N–H and O–H groups in total. The maximum atomic E-state index is 5.80. The van der Waals surface area contributed by atoms with E-state index in [1.807, 2.05) is 0 Å². The summed E-state index contributed by atoms with van der Waals surface area (Å²) in [4.78, 5) is 2.11. The molecule has 0 aliphatic rings. The van der Waals surface area contributed by atoms with E-state index in [1.54, 1.807) is 0 Å². The predicted molar refractivity (Wildman–Crippen MR) is 61.7 cm³/mol. The third-order valence-corrected chi connectivity index (χ3v) is 2.69. The maximum Gasteiger partial charge on any atom is 0.109 e. The quantitative estimate of drug-likeness (QED) is 0.626. The van der Waals surface area contributed by atoms with Gasteiger partial charge in [-0.1, -0.05) is 20.8 Å². The molecule has 0 aromatic heterocycles. The maximum absolute atomic E-state index is 5.80. The fourth-order valence-electron chi connectivity index (χ4n) is 1.66. The smallest absolute Gasteiger partial charge is 0.109 e. The Morgan fingerprint density at radius 1 is 1.23 bits per heavy atom. The summed E-state index contributed by atoms with van der Waals surface area (Å²) in [5.74, 6) is 0.608. The summed E-state index contributed by atoms with van der Waals surface area (Å²) in [5, 5.41) is 0. The highest BCUT2D eigenvalue weighted by molar-refractivity contribution is 6.44. The van der Waals surface area contributed by atoms with Gasteiger partial charge in [0.1, 0.15) is 4.84 Å². The van der Waals surface area contributed by atoms with Crippen molar-refractivity contribution in [1.29, 1.82) is 0 Å². The summed E-state index contributed by atoms with van der Waals surface area (Å²) in [5.41, 5.74) is 0. The molecule has 0 radical (unpaired) electrons. The standard InChI is InChI=1S/C10H21Cl2N/c1-5-6-13(4)9(8(2)3)7-10(11)12/h8-10H,5-7H2,1-4H3/t9-/m0/s1. The van der Waals surface area contributed by atoms with Crippen LogP contribution in [0.2, 0.25) is 0 Å². The van der Waals surface area contributed by atoms with Crippen molar-refractivity contribution in [3.05, 3.63) is 0 Å². The van der Waals surface area contributed by atoms with Gasteiger partial charge in [-0.05, 0) is 32.4 Å². The highest BCUT2D eigenvalue weighted by Gasteiger charge is 2.20. The molecule has 0 fully saturated rings. The highest BCUT2D eigenvalue weighted by atomic mass is 35.5. The SMILES string of the molecule is CCCN(C)[C@@H](CC(Cl)Cl)C(C)C. The zero-order valence-electron chi connectivity index (χ0n) is 9.06. The lowest BCUT2D eigenvalue weighted by Gasteiger charge is -2.31. The largest absolute Gasteiger partial charge is 0.303 e. The van der Waals surface area contributed by atoms with Crippen molar-refractivity contribution >= 4 is 23.2 Å². The molecular formula is C10H21Cl2N. The number of hydrogen-bond acceptors (Lipinski definition) is 1. The van der Waals surface area contributed by atoms with Crippen LogP contribution in [0.15, 0.2) is 0 Å². The first-order chi connectivity index (χ1) is 5.99. The van der Waals surface area contributed by atoms with Crippen molar-refractivity contribution in [3.63, 3.8) is 0 Å². The van der Waals surface area contributed by atoms with Crippen molar-refractivity contribution in [2.75, 3.05) is 13.6 Å². The third kappa shape index (κ3) is 5.77. The molecule has 80 valence electrons. The summed E-state index contributed by atoms with van der Waals surface area (Å²) >= 11 is 11.6. The molecule has 13 heavy (non-hydrogen) atoms. The monoisotopic (exact) mass is 225 g/mol. The van der Waals surface area contributed by atoms with Crippen LogP contribution in [0.25, 0.3) is 0 Å². The van der Waals surface area contributed by atoms with E-state index in [1.165, 1.54) is 6.42 Å². The predicted octanol–water partition coefficient (Wildman–Crippen LogP) is 3.55. The van der Waals surface area contributed by atoms with Gasteiger partial charge in [0, 0.05) is 6.04 Å². The van der Waals surface area contributed by atoms with Gasteiger partial charge in [-0.3, -0.25) is 0 Å². The van der Waals surface area contributed by atoms with E-state index in [0.29, 0.717) is 12.0 Å². The van der Waals surface area contributed by atoms with Gasteiger partial charge in [0.05, 0.1) is 0 Å². The first-order valence-electron chi connectivity index (χ1n) is 4.97. The van der Waals surface area contributed by atoms with Crippen LogP contribution in [-0.2, 0) is 0 Å². The normalized spacial score (nSPS) is 14.5. The lowest BCUT2D eigenvalue weighted by Crippen LogP contribution is -2.37. The molecule has 0 unspecified atom stereocenters. The van der Waals surface area contributed by atoms with Crippen molar-refractivity contribution in [3.8, 4) is 0 Å². The Labute approximate surface area is 92.4 Å². The fourth-order valence-corrected chi connectivity index (χ4v) is 2.03. The minimum atomic E-state index is -0.244. The van der Waals surface area contributed by atoms with Crippen LogP contribution in [0.4, 0.5) is 0 Å². The van der Waals surface area contributed by atoms with Crippen molar-refractivity contribution < 1.29 is 0 Å². The number of halogens is 2. The van der Waals surface area contributed by atoms with Crippen LogP contribution >= 0.6 is 23.2 Å². The van der Waals surface area contributed by atoms with E-state index in [9.17, 15) is 0 Å². The Bertz CT molecular complexity index is 126. The van der Waals surface area contributed by atoms with E-state index in [0.717, 1.165) is 13.0 Å². The van der Waals surface area contributed by atoms with Crippen LogP contribution < -0.4 is 0 Å². The van der Waals surface area contributed by atoms with Gasteiger partial charge in [-0.25, -0.2) is 0 Å². The van der Waals surface area contributed by atoms with Gasteiger partial charge < -0.3 is 4.90 Å². The third-order valence-electron chi connectivity index (χ3n) is 2.33. The molecule has 0 bridgehead atoms. The zero-order valence-corrected chi connectivity index (χ0v) is 10.6. The summed E-state index contributed by atoms with van der Waals surface area (Å²) in [7, 11) is 2.14. The van der Waals surface area contributed by atoms with Gasteiger partial charge >= 0.3 is 0 Å². The number of rotatable bonds is 6. The summed E-state index contributed by atoms with van der Waals surface area (Å²) in [6.45, 7) is 7.73. The molecule has 1 nitrogen and oxygen atoms in total. The van der Waals surface area contributed by atoms with Gasteiger partial charge in [0.25, 0.3) is 0 Å². The van der Waals surface area contributed by atoms with Gasteiger partial charge in [0.15, 0.2) is 0 Å². The molecule has 0 aliphatic heterocycles. The number of alkyl halides is 2. The number of nitrogens with zero attached hydrogens (tertiary/aromatic N) is 1. The first-order valence-corrected chi connectivity index (χ1v) is 5.84. The molecule has 0 heterocycles. The van der Waals surface area contributed by atoms with Gasteiger partial charge in [0.2, 0.25) is 0 Å². The second-order valence-electron chi connectivity index (χ2n) is 3.92. The average molecular weight is 226 g/mol. The van der Waals surface area contributed by atoms with Crippen LogP contribution in [0, 0.1) is 5.92 Å². The summed E-state index contributed by atoms with van der Waals surface area (Å²) < 4.78 is 0. The number of hydrogen-bond donors (Lipinski definition) is 0. The molecule has 1 atom stereocenters. The molecule has 3 heteroatoms. The Balaban J connectivity index is 4.07. The van der Waals surface area contributed by atoms with Crippen LogP contribution in [0.5, 0.6) is 0 Å². The lowest BCUT2D eigenvalue weighted by atomic mass is 10.0. The fraction of sp³-hybridized carbons (Fsp3) is 1.00. The zero-order chi connectivity index (χ0) is 10.4. The Kier molecular flexibility index (Phi) is 7.20. The topological polar surface area (TPSA) is 3.24 Å². The summed E-state index contributed by atoms with van der Waals surface area (Å²) in [6.07, 6.45) is 2.03. The average Bonchev–Trinajstić information content (AvgIpc) is 1.99. The first kappa shape index (κ1) is 13.5. The molecule has 0 aliphatic carbocycles. The molecule has 0 spiro atoms. The molecule has 0 aromatic carbocycles. The molecule has 0 rings (SSSR count). The van der Waals surface area contributed by atoms with E-state index in [-0.39, 0.29) is 4.84 Å². The highest BCUT2D eigenvalue weighted by Crippen LogP contribution is 2.20. The molecule has 0 saturated heterocycles. The van der Waals surface area contributed by atoms with Crippen molar-refractivity contribution in [1.82, 2.24) is 4.90 Å². The second-order valence-corrected chi connectivity index (χ2v) is 5.20. The van der Waals surface area contributed by atoms with Crippen LogP contribution in [0.1, 0.15) is 33.6 Å². The van der Waals surface area contributed by atoms with Crippen LogP contribution in [0.3, 0.4) is 0 Å². The lowest BCUT2D eigenvalue weighted by molar-refractivity contribution is 0.185. The molecule has 0 aromatic rings. The molecular weight excluding hydrogens is 205 g/mol. The minimum Gasteiger partial charge on any atom is -0.303 e. The Hall–Kier alpha value is 0.540. The minimum absolute atomic E-state index is 0.244. The van der Waals surface area contributed by atoms with Gasteiger partial charge in [-0.15, -0.1) is 23.2 Å².